The molecule has 28 heavy (non-hydrogen) atoms. The Morgan fingerprint density at radius 3 is 2.46 bits per heavy atom. The Kier molecular flexibility index (Phi) is 5.57. The molecule has 1 atom stereocenters. The van der Waals surface area contributed by atoms with E-state index in [0.29, 0.717) is 16.4 Å². The largest absolute Gasteiger partial charge is 0.321 e. The SMILES string of the molecule is Cc1ccc(N2C(=O)C(C)S/C2=C(/C#N)C(=O)Nc2ccccc2C)cc1C. The molecular formula is C22H21N3O2S. The molecule has 0 bridgehead atoms. The minimum atomic E-state index is -0.518. The van der Waals surface area contributed by atoms with Crippen molar-refractivity contribution in [2.45, 2.75) is 32.9 Å². The second-order valence-electron chi connectivity index (χ2n) is 6.76. The van der Waals surface area contributed by atoms with Crippen LogP contribution >= 0.6 is 11.8 Å². The molecule has 0 saturated carbocycles. The number of hydrogen-bond acceptors (Lipinski definition) is 4. The van der Waals surface area contributed by atoms with Crippen molar-refractivity contribution < 1.29 is 9.59 Å². The van der Waals surface area contributed by atoms with Gasteiger partial charge in [0.1, 0.15) is 16.7 Å². The fourth-order valence-corrected chi connectivity index (χ4v) is 4.02. The Hall–Kier alpha value is -3.04. The van der Waals surface area contributed by atoms with E-state index in [1.54, 1.807) is 13.0 Å². The average Bonchev–Trinajstić information content (AvgIpc) is 2.95. The van der Waals surface area contributed by atoms with Gasteiger partial charge in [-0.1, -0.05) is 36.0 Å². The summed E-state index contributed by atoms with van der Waals surface area (Å²) >= 11 is 1.24. The molecule has 142 valence electrons. The summed E-state index contributed by atoms with van der Waals surface area (Å²) < 4.78 is 0. The van der Waals surface area contributed by atoms with E-state index in [2.05, 4.69) is 5.32 Å². The van der Waals surface area contributed by atoms with Gasteiger partial charge in [-0.2, -0.15) is 5.26 Å². The molecule has 1 aliphatic rings. The van der Waals surface area contributed by atoms with E-state index in [1.807, 2.05) is 63.2 Å². The first-order chi connectivity index (χ1) is 13.3. The lowest BCUT2D eigenvalue weighted by Crippen LogP contribution is -2.29. The lowest BCUT2D eigenvalue weighted by Gasteiger charge is -2.19. The molecule has 1 unspecified atom stereocenters. The number of nitriles is 1. The number of nitrogens with zero attached hydrogens (tertiary/aromatic N) is 2. The minimum absolute atomic E-state index is 0.0656. The quantitative estimate of drug-likeness (QED) is 0.619. The third kappa shape index (κ3) is 3.67. The third-order valence-electron chi connectivity index (χ3n) is 4.75. The standard InChI is InChI=1S/C22H21N3O2S/c1-13-9-10-17(11-15(13)3)25-21(27)16(4)28-22(25)18(12-23)20(26)24-19-8-6-5-7-14(19)2/h5-11,16H,1-4H3,(H,24,26)/b22-18-. The van der Waals surface area contributed by atoms with Gasteiger partial charge in [0.15, 0.2) is 0 Å². The molecule has 0 spiro atoms. The van der Waals surface area contributed by atoms with Crippen LogP contribution in [0.1, 0.15) is 23.6 Å². The van der Waals surface area contributed by atoms with Crippen LogP contribution in [0.2, 0.25) is 0 Å². The average molecular weight is 391 g/mol. The van der Waals surface area contributed by atoms with Gasteiger partial charge in [-0.15, -0.1) is 0 Å². The number of carbonyl (C=O) groups excluding carboxylic acids is 2. The molecule has 6 heteroatoms. The number of hydrogen-bond donors (Lipinski definition) is 1. The maximum Gasteiger partial charge on any atom is 0.269 e. The molecule has 2 aromatic carbocycles. The highest BCUT2D eigenvalue weighted by Crippen LogP contribution is 2.41. The minimum Gasteiger partial charge on any atom is -0.321 e. The van der Waals surface area contributed by atoms with Gasteiger partial charge >= 0.3 is 0 Å². The number of nitrogens with one attached hydrogen (secondary N) is 1. The number of benzene rings is 2. The van der Waals surface area contributed by atoms with Crippen molar-refractivity contribution in [2.24, 2.45) is 0 Å². The number of rotatable bonds is 3. The summed E-state index contributed by atoms with van der Waals surface area (Å²) in [6, 6.07) is 15.0. The normalized spacial score (nSPS) is 18.0. The van der Waals surface area contributed by atoms with Crippen LogP contribution in [-0.4, -0.2) is 17.1 Å². The molecule has 2 amide bonds. The number of amides is 2. The van der Waals surface area contributed by atoms with E-state index in [1.165, 1.54) is 16.7 Å². The second kappa shape index (κ2) is 7.91. The van der Waals surface area contributed by atoms with Crippen molar-refractivity contribution in [3.63, 3.8) is 0 Å². The zero-order valence-corrected chi connectivity index (χ0v) is 17.1. The second-order valence-corrected chi connectivity index (χ2v) is 8.09. The molecular weight excluding hydrogens is 370 g/mol. The van der Waals surface area contributed by atoms with Crippen molar-refractivity contribution >= 4 is 35.0 Å². The van der Waals surface area contributed by atoms with Crippen LogP contribution in [0, 0.1) is 32.1 Å². The fourth-order valence-electron chi connectivity index (χ4n) is 2.93. The number of para-hydroxylation sites is 1. The van der Waals surface area contributed by atoms with Gasteiger partial charge < -0.3 is 5.32 Å². The van der Waals surface area contributed by atoms with E-state index < -0.39 is 5.91 Å². The van der Waals surface area contributed by atoms with Crippen LogP contribution in [0.5, 0.6) is 0 Å². The first kappa shape index (κ1) is 19.7. The highest BCUT2D eigenvalue weighted by molar-refractivity contribution is 8.05. The zero-order valence-electron chi connectivity index (χ0n) is 16.2. The van der Waals surface area contributed by atoms with Gasteiger partial charge in [0.2, 0.25) is 5.91 Å². The molecule has 1 heterocycles. The first-order valence-electron chi connectivity index (χ1n) is 8.92. The van der Waals surface area contributed by atoms with Crippen LogP contribution in [-0.2, 0) is 9.59 Å². The number of carbonyl (C=O) groups is 2. The summed E-state index contributed by atoms with van der Waals surface area (Å²) in [5.41, 5.74) is 4.28. The van der Waals surface area contributed by atoms with Crippen LogP contribution in [0.15, 0.2) is 53.1 Å². The topological polar surface area (TPSA) is 73.2 Å². The van der Waals surface area contributed by atoms with Gasteiger partial charge in [-0.25, -0.2) is 0 Å². The molecule has 1 aliphatic heterocycles. The molecule has 5 nitrogen and oxygen atoms in total. The lowest BCUT2D eigenvalue weighted by atomic mass is 10.1. The summed E-state index contributed by atoms with van der Waals surface area (Å²) in [4.78, 5) is 27.1. The lowest BCUT2D eigenvalue weighted by molar-refractivity contribution is -0.116. The van der Waals surface area contributed by atoms with Gasteiger partial charge in [0.05, 0.1) is 5.25 Å². The Balaban J connectivity index is 2.04. The van der Waals surface area contributed by atoms with E-state index in [9.17, 15) is 14.9 Å². The van der Waals surface area contributed by atoms with Crippen LogP contribution < -0.4 is 10.2 Å². The van der Waals surface area contributed by atoms with Gasteiger partial charge in [0, 0.05) is 11.4 Å². The molecule has 0 aromatic heterocycles. The van der Waals surface area contributed by atoms with Gasteiger partial charge in [-0.05, 0) is 62.6 Å². The van der Waals surface area contributed by atoms with Gasteiger partial charge in [-0.3, -0.25) is 14.5 Å². The molecule has 1 saturated heterocycles. The molecule has 1 fully saturated rings. The van der Waals surface area contributed by atoms with Crippen LogP contribution in [0.4, 0.5) is 11.4 Å². The highest BCUT2D eigenvalue weighted by atomic mass is 32.2. The summed E-state index contributed by atoms with van der Waals surface area (Å²) in [5, 5.41) is 12.5. The smallest absolute Gasteiger partial charge is 0.269 e. The van der Waals surface area contributed by atoms with Crippen molar-refractivity contribution in [1.82, 2.24) is 0 Å². The Morgan fingerprint density at radius 2 is 1.82 bits per heavy atom. The molecule has 1 N–H and O–H groups in total. The predicted octanol–water partition coefficient (Wildman–Crippen LogP) is 4.45. The summed E-state index contributed by atoms with van der Waals surface area (Å²) in [7, 11) is 0. The first-order valence-corrected chi connectivity index (χ1v) is 9.80. The summed E-state index contributed by atoms with van der Waals surface area (Å²) in [6.45, 7) is 7.62. The summed E-state index contributed by atoms with van der Waals surface area (Å²) in [5.74, 6) is -0.658. The van der Waals surface area contributed by atoms with E-state index in [0.717, 1.165) is 16.7 Å². The van der Waals surface area contributed by atoms with Crippen molar-refractivity contribution in [1.29, 1.82) is 5.26 Å². The molecule has 0 radical (unpaired) electrons. The van der Waals surface area contributed by atoms with Gasteiger partial charge in [0.25, 0.3) is 5.91 Å². The fraction of sp³-hybridized carbons (Fsp3) is 0.227. The van der Waals surface area contributed by atoms with Crippen molar-refractivity contribution in [3.05, 3.63) is 69.8 Å². The molecule has 0 aliphatic carbocycles. The Bertz CT molecular complexity index is 1040. The third-order valence-corrected chi connectivity index (χ3v) is 5.92. The van der Waals surface area contributed by atoms with Crippen molar-refractivity contribution in [3.8, 4) is 6.07 Å². The van der Waals surface area contributed by atoms with Crippen molar-refractivity contribution in [2.75, 3.05) is 10.2 Å². The summed E-state index contributed by atoms with van der Waals surface area (Å²) in [6.07, 6.45) is 0. The Morgan fingerprint density at radius 1 is 1.11 bits per heavy atom. The maximum absolute atomic E-state index is 12.9. The zero-order chi connectivity index (χ0) is 20.4. The Labute approximate surface area is 169 Å². The number of anilines is 2. The van der Waals surface area contributed by atoms with E-state index >= 15 is 0 Å². The van der Waals surface area contributed by atoms with Crippen LogP contribution in [0.3, 0.4) is 0 Å². The predicted molar refractivity (Wildman–Crippen MR) is 113 cm³/mol. The maximum atomic E-state index is 12.9. The molecule has 3 rings (SSSR count). The van der Waals surface area contributed by atoms with E-state index in [4.69, 9.17) is 0 Å². The highest BCUT2D eigenvalue weighted by Gasteiger charge is 2.38. The van der Waals surface area contributed by atoms with E-state index in [-0.39, 0.29) is 16.7 Å². The number of thioether (sulfide) groups is 1. The van der Waals surface area contributed by atoms with Crippen LogP contribution in [0.25, 0.3) is 0 Å². The molecule has 2 aromatic rings. The number of aryl methyl sites for hydroxylation is 3. The monoisotopic (exact) mass is 391 g/mol.